The van der Waals surface area contributed by atoms with Crippen LogP contribution in [-0.2, 0) is 4.79 Å². The second-order valence-electron chi connectivity index (χ2n) is 5.82. The van der Waals surface area contributed by atoms with Crippen LogP contribution in [0.3, 0.4) is 0 Å². The Balaban J connectivity index is 1.66. The van der Waals surface area contributed by atoms with Gasteiger partial charge in [0, 0.05) is 4.88 Å². The van der Waals surface area contributed by atoms with Gasteiger partial charge in [-0.15, -0.1) is 23.1 Å². The average Bonchev–Trinajstić information content (AvgIpc) is 3.18. The lowest BCUT2D eigenvalue weighted by Crippen LogP contribution is -2.28. The molecule has 3 rings (SSSR count). The van der Waals surface area contributed by atoms with E-state index in [0.29, 0.717) is 5.75 Å². The topological polar surface area (TPSA) is 29.1 Å². The van der Waals surface area contributed by atoms with Gasteiger partial charge < -0.3 is 5.32 Å². The number of thioether (sulfide) groups is 1. The van der Waals surface area contributed by atoms with Crippen LogP contribution >= 0.6 is 23.1 Å². The molecule has 2 nitrogen and oxygen atoms in total. The van der Waals surface area contributed by atoms with E-state index >= 15 is 0 Å². The van der Waals surface area contributed by atoms with Gasteiger partial charge in [-0.2, -0.15) is 0 Å². The molecule has 1 atom stereocenters. The fourth-order valence-electron chi connectivity index (χ4n) is 2.69. The van der Waals surface area contributed by atoms with E-state index in [2.05, 4.69) is 35.6 Å². The number of hydrogen-bond acceptors (Lipinski definition) is 3. The Morgan fingerprint density at radius 1 is 0.960 bits per heavy atom. The number of rotatable bonds is 7. The summed E-state index contributed by atoms with van der Waals surface area (Å²) in [7, 11) is 0. The van der Waals surface area contributed by atoms with E-state index in [0.717, 1.165) is 0 Å². The van der Waals surface area contributed by atoms with Gasteiger partial charge in [0.15, 0.2) is 0 Å². The highest BCUT2D eigenvalue weighted by Gasteiger charge is 2.17. The van der Waals surface area contributed by atoms with Gasteiger partial charge in [0.1, 0.15) is 0 Å². The van der Waals surface area contributed by atoms with Crippen molar-refractivity contribution in [2.45, 2.75) is 18.2 Å². The molecule has 1 N–H and O–H groups in total. The lowest BCUT2D eigenvalue weighted by molar-refractivity contribution is -0.119. The molecule has 0 bridgehead atoms. The molecule has 0 radical (unpaired) electrons. The summed E-state index contributed by atoms with van der Waals surface area (Å²) in [6.45, 7) is 2.03. The van der Waals surface area contributed by atoms with Crippen molar-refractivity contribution in [1.29, 1.82) is 0 Å². The molecule has 0 unspecified atom stereocenters. The summed E-state index contributed by atoms with van der Waals surface area (Å²) in [4.78, 5) is 13.6. The second-order valence-corrected chi connectivity index (χ2v) is 7.89. The van der Waals surface area contributed by atoms with E-state index < -0.39 is 0 Å². The Bertz CT molecular complexity index is 733. The lowest BCUT2D eigenvalue weighted by Gasteiger charge is -2.18. The minimum atomic E-state index is 0.0556. The Kier molecular flexibility index (Phi) is 6.31. The van der Waals surface area contributed by atoms with Crippen LogP contribution in [0.4, 0.5) is 0 Å². The maximum Gasteiger partial charge on any atom is 0.230 e. The van der Waals surface area contributed by atoms with E-state index in [1.165, 1.54) is 16.0 Å². The van der Waals surface area contributed by atoms with Crippen LogP contribution in [0.2, 0.25) is 0 Å². The van der Waals surface area contributed by atoms with Crippen molar-refractivity contribution in [3.8, 4) is 0 Å². The molecular formula is C21H21NOS2. The number of benzene rings is 2. The normalized spacial score (nSPS) is 12.1. The summed E-state index contributed by atoms with van der Waals surface area (Å²) in [5.74, 6) is 0.507. The Labute approximate surface area is 157 Å². The Morgan fingerprint density at radius 3 is 2.08 bits per heavy atom. The van der Waals surface area contributed by atoms with E-state index in [-0.39, 0.29) is 17.2 Å². The fourth-order valence-corrected chi connectivity index (χ4v) is 4.53. The number of nitrogens with one attached hydrogen (secondary N) is 1. The Hall–Kier alpha value is -2.04. The maximum atomic E-state index is 12.4. The van der Waals surface area contributed by atoms with Gasteiger partial charge in [0.2, 0.25) is 5.91 Å². The van der Waals surface area contributed by atoms with Gasteiger partial charge in [-0.3, -0.25) is 4.79 Å². The second kappa shape index (κ2) is 8.88. The SMILES string of the molecule is C[C@H](NC(=O)CSC(c1ccccc1)c1ccccc1)c1cccs1. The van der Waals surface area contributed by atoms with Crippen molar-refractivity contribution in [1.82, 2.24) is 5.32 Å². The first kappa shape index (κ1) is 17.8. The van der Waals surface area contributed by atoms with Gasteiger partial charge in [-0.05, 0) is 29.5 Å². The molecule has 0 saturated carbocycles. The molecule has 0 saturated heterocycles. The predicted molar refractivity (Wildman–Crippen MR) is 108 cm³/mol. The zero-order valence-corrected chi connectivity index (χ0v) is 15.7. The van der Waals surface area contributed by atoms with Crippen LogP contribution < -0.4 is 5.32 Å². The molecule has 0 aliphatic heterocycles. The third-order valence-electron chi connectivity index (χ3n) is 3.93. The number of amides is 1. The lowest BCUT2D eigenvalue weighted by atomic mass is 10.0. The summed E-state index contributed by atoms with van der Waals surface area (Å²) in [5, 5.41) is 5.28. The molecule has 4 heteroatoms. The van der Waals surface area contributed by atoms with Crippen molar-refractivity contribution in [2.24, 2.45) is 0 Å². The molecule has 128 valence electrons. The van der Waals surface area contributed by atoms with E-state index in [4.69, 9.17) is 0 Å². The highest BCUT2D eigenvalue weighted by molar-refractivity contribution is 8.00. The van der Waals surface area contributed by atoms with E-state index in [1.54, 1.807) is 23.1 Å². The average molecular weight is 368 g/mol. The summed E-state index contributed by atoms with van der Waals surface area (Å²) in [6, 6.07) is 24.8. The number of carbonyl (C=O) groups excluding carboxylic acids is 1. The summed E-state index contributed by atoms with van der Waals surface area (Å²) < 4.78 is 0. The van der Waals surface area contributed by atoms with Crippen molar-refractivity contribution in [3.05, 3.63) is 94.2 Å². The van der Waals surface area contributed by atoms with Crippen LogP contribution in [-0.4, -0.2) is 11.7 Å². The third-order valence-corrected chi connectivity index (χ3v) is 6.29. The van der Waals surface area contributed by atoms with Crippen molar-refractivity contribution in [3.63, 3.8) is 0 Å². The van der Waals surface area contributed by atoms with Crippen molar-refractivity contribution >= 4 is 29.0 Å². The fraction of sp³-hybridized carbons (Fsp3) is 0.190. The van der Waals surface area contributed by atoms with Crippen LogP contribution in [0.5, 0.6) is 0 Å². The van der Waals surface area contributed by atoms with Crippen LogP contribution in [0.15, 0.2) is 78.2 Å². The van der Waals surface area contributed by atoms with Crippen LogP contribution in [0, 0.1) is 0 Å². The van der Waals surface area contributed by atoms with Crippen molar-refractivity contribution < 1.29 is 4.79 Å². The molecule has 1 heterocycles. The highest BCUT2D eigenvalue weighted by Crippen LogP contribution is 2.35. The molecule has 3 aromatic rings. The van der Waals surface area contributed by atoms with E-state index in [9.17, 15) is 4.79 Å². The summed E-state index contributed by atoms with van der Waals surface area (Å²) in [5.41, 5.74) is 2.44. The van der Waals surface area contributed by atoms with E-state index in [1.807, 2.05) is 54.8 Å². The zero-order chi connectivity index (χ0) is 17.5. The number of hydrogen-bond donors (Lipinski definition) is 1. The molecule has 0 spiro atoms. The molecule has 1 aromatic heterocycles. The maximum absolute atomic E-state index is 12.4. The van der Waals surface area contributed by atoms with Gasteiger partial charge in [-0.25, -0.2) is 0 Å². The molecule has 25 heavy (non-hydrogen) atoms. The first-order chi connectivity index (χ1) is 12.2. The minimum Gasteiger partial charge on any atom is -0.348 e. The molecule has 0 fully saturated rings. The summed E-state index contributed by atoms with van der Waals surface area (Å²) in [6.07, 6.45) is 0. The van der Waals surface area contributed by atoms with Crippen molar-refractivity contribution in [2.75, 3.05) is 5.75 Å². The van der Waals surface area contributed by atoms with Crippen LogP contribution in [0.1, 0.15) is 34.2 Å². The van der Waals surface area contributed by atoms with Gasteiger partial charge in [-0.1, -0.05) is 66.7 Å². The van der Waals surface area contributed by atoms with Crippen LogP contribution in [0.25, 0.3) is 0 Å². The molecule has 1 amide bonds. The third kappa shape index (κ3) is 4.97. The molecule has 0 aliphatic rings. The van der Waals surface area contributed by atoms with Gasteiger partial charge >= 0.3 is 0 Å². The quantitative estimate of drug-likeness (QED) is 0.602. The monoisotopic (exact) mass is 367 g/mol. The summed E-state index contributed by atoms with van der Waals surface area (Å²) >= 11 is 3.34. The number of carbonyl (C=O) groups is 1. The zero-order valence-electron chi connectivity index (χ0n) is 14.1. The molecule has 0 aliphatic carbocycles. The van der Waals surface area contributed by atoms with Gasteiger partial charge in [0.05, 0.1) is 17.0 Å². The Morgan fingerprint density at radius 2 is 1.56 bits per heavy atom. The highest BCUT2D eigenvalue weighted by atomic mass is 32.2. The largest absolute Gasteiger partial charge is 0.348 e. The predicted octanol–water partition coefficient (Wildman–Crippen LogP) is 5.45. The van der Waals surface area contributed by atoms with Gasteiger partial charge in [0.25, 0.3) is 0 Å². The minimum absolute atomic E-state index is 0.0556. The molecular weight excluding hydrogens is 346 g/mol. The smallest absolute Gasteiger partial charge is 0.230 e. The first-order valence-electron chi connectivity index (χ1n) is 8.28. The standard InChI is InChI=1S/C21H21NOS2/c1-16(19-13-8-14-24-19)22-20(23)15-25-21(17-9-4-2-5-10-17)18-11-6-3-7-12-18/h2-14,16,21H,15H2,1H3,(H,22,23)/t16-/m0/s1. The molecule has 2 aromatic carbocycles. The number of thiophene rings is 1. The first-order valence-corrected chi connectivity index (χ1v) is 10.2.